The summed E-state index contributed by atoms with van der Waals surface area (Å²) in [7, 11) is 0. The van der Waals surface area contributed by atoms with E-state index < -0.39 is 5.41 Å². The number of unbranched alkanes of at least 4 members (excludes halogenated alkanes) is 1. The molecule has 0 unspecified atom stereocenters. The van der Waals surface area contributed by atoms with Gasteiger partial charge in [0.2, 0.25) is 5.91 Å². The van der Waals surface area contributed by atoms with Crippen LogP contribution in [0.4, 0.5) is 0 Å². The van der Waals surface area contributed by atoms with Crippen LogP contribution in [0.5, 0.6) is 0 Å². The zero-order chi connectivity index (χ0) is 15.3. The van der Waals surface area contributed by atoms with E-state index in [0.717, 1.165) is 19.4 Å². The van der Waals surface area contributed by atoms with Gasteiger partial charge < -0.3 is 20.8 Å². The number of hydrogen-bond donors (Lipinski definition) is 3. The maximum absolute atomic E-state index is 12.3. The lowest BCUT2D eigenvalue weighted by Crippen LogP contribution is -2.56. The molecule has 1 saturated carbocycles. The van der Waals surface area contributed by atoms with E-state index in [2.05, 4.69) is 22.4 Å². The average molecular weight is 293 g/mol. The van der Waals surface area contributed by atoms with Gasteiger partial charge in [0.1, 0.15) is 5.41 Å². The molecule has 0 saturated heterocycles. The third kappa shape index (κ3) is 3.34. The molecule has 1 aromatic heterocycles. The Balaban J connectivity index is 1.73. The lowest BCUT2D eigenvalue weighted by atomic mass is 9.61. The number of carbonyl (C=O) groups is 1. The highest BCUT2D eigenvalue weighted by Crippen LogP contribution is 2.45. The van der Waals surface area contributed by atoms with Crippen molar-refractivity contribution in [3.63, 3.8) is 0 Å². The summed E-state index contributed by atoms with van der Waals surface area (Å²) in [6, 6.07) is 0. The molecule has 2 rings (SSSR count). The van der Waals surface area contributed by atoms with Gasteiger partial charge in [-0.05, 0) is 31.6 Å². The molecule has 0 radical (unpaired) electrons. The van der Waals surface area contributed by atoms with Gasteiger partial charge in [0.25, 0.3) is 0 Å². The minimum absolute atomic E-state index is 0.0246. The Bertz CT molecular complexity index is 491. The number of amides is 1. The van der Waals surface area contributed by atoms with Crippen molar-refractivity contribution in [3.8, 4) is 0 Å². The second-order valence-corrected chi connectivity index (χ2v) is 5.84. The number of nitrogens with zero attached hydrogens (tertiary/aromatic N) is 3. The van der Waals surface area contributed by atoms with E-state index in [-0.39, 0.29) is 11.7 Å². The zero-order valence-electron chi connectivity index (χ0n) is 12.3. The van der Waals surface area contributed by atoms with Crippen molar-refractivity contribution in [2.75, 3.05) is 6.54 Å². The normalized spacial score (nSPS) is 25.4. The van der Waals surface area contributed by atoms with Crippen molar-refractivity contribution < 1.29 is 10.0 Å². The molecule has 1 fully saturated rings. The van der Waals surface area contributed by atoms with Crippen LogP contribution in [-0.4, -0.2) is 33.0 Å². The molecule has 1 aromatic rings. The van der Waals surface area contributed by atoms with E-state index in [1.165, 1.54) is 0 Å². The summed E-state index contributed by atoms with van der Waals surface area (Å²) < 4.78 is 2.01. The maximum Gasteiger partial charge on any atom is 0.233 e. The standard InChI is InChI=1S/C14H23N5O2/c1-11-8-14(9-11,12(15)18-21)13(20)17-4-2-3-6-19-7-5-16-10-19/h5,7,10-11,21H,2-4,6,8-9H2,1H3,(H2,15,18)(H,17,20). The van der Waals surface area contributed by atoms with E-state index in [9.17, 15) is 4.79 Å². The average Bonchev–Trinajstić information content (AvgIpc) is 2.95. The Morgan fingerprint density at radius 2 is 2.33 bits per heavy atom. The van der Waals surface area contributed by atoms with Gasteiger partial charge >= 0.3 is 0 Å². The van der Waals surface area contributed by atoms with Crippen molar-refractivity contribution >= 4 is 11.7 Å². The summed E-state index contributed by atoms with van der Waals surface area (Å²) in [5.74, 6) is 0.326. The monoisotopic (exact) mass is 293 g/mol. The number of nitrogens with one attached hydrogen (secondary N) is 1. The van der Waals surface area contributed by atoms with Gasteiger partial charge in [-0.15, -0.1) is 0 Å². The predicted molar refractivity (Wildman–Crippen MR) is 78.7 cm³/mol. The summed E-state index contributed by atoms with van der Waals surface area (Å²) >= 11 is 0. The fraction of sp³-hybridized carbons (Fsp3) is 0.643. The highest BCUT2D eigenvalue weighted by atomic mass is 16.4. The summed E-state index contributed by atoms with van der Waals surface area (Å²) in [5, 5.41) is 14.8. The van der Waals surface area contributed by atoms with Crippen LogP contribution in [0.1, 0.15) is 32.6 Å². The van der Waals surface area contributed by atoms with Gasteiger partial charge in [-0.1, -0.05) is 12.1 Å². The SMILES string of the molecule is CC1CC(C(=O)NCCCCn2ccnc2)(/C(N)=N/O)C1. The number of aromatic nitrogens is 2. The van der Waals surface area contributed by atoms with Crippen LogP contribution in [0.3, 0.4) is 0 Å². The highest BCUT2D eigenvalue weighted by Gasteiger charge is 2.51. The van der Waals surface area contributed by atoms with Crippen molar-refractivity contribution in [2.24, 2.45) is 22.2 Å². The van der Waals surface area contributed by atoms with Gasteiger partial charge in [0.15, 0.2) is 5.84 Å². The molecule has 116 valence electrons. The van der Waals surface area contributed by atoms with Gasteiger partial charge in [-0.25, -0.2) is 4.98 Å². The van der Waals surface area contributed by atoms with Crippen LogP contribution in [-0.2, 0) is 11.3 Å². The summed E-state index contributed by atoms with van der Waals surface area (Å²) in [5.41, 5.74) is 4.89. The molecule has 21 heavy (non-hydrogen) atoms. The number of imidazole rings is 1. The third-order valence-electron chi connectivity index (χ3n) is 4.11. The van der Waals surface area contributed by atoms with E-state index >= 15 is 0 Å². The number of rotatable bonds is 7. The van der Waals surface area contributed by atoms with Crippen molar-refractivity contribution in [1.82, 2.24) is 14.9 Å². The molecular weight excluding hydrogens is 270 g/mol. The first-order valence-corrected chi connectivity index (χ1v) is 7.30. The molecule has 0 aromatic carbocycles. The van der Waals surface area contributed by atoms with Gasteiger partial charge in [0, 0.05) is 25.5 Å². The highest BCUT2D eigenvalue weighted by molar-refractivity contribution is 6.07. The molecule has 1 heterocycles. The van der Waals surface area contributed by atoms with Gasteiger partial charge in [-0.3, -0.25) is 4.79 Å². The second-order valence-electron chi connectivity index (χ2n) is 5.84. The summed E-state index contributed by atoms with van der Waals surface area (Å²) in [4.78, 5) is 16.3. The van der Waals surface area contributed by atoms with Crippen molar-refractivity contribution in [2.45, 2.75) is 39.2 Å². The topological polar surface area (TPSA) is 106 Å². The van der Waals surface area contributed by atoms with Crippen LogP contribution >= 0.6 is 0 Å². The van der Waals surface area contributed by atoms with Crippen LogP contribution in [0.25, 0.3) is 0 Å². The fourth-order valence-electron chi connectivity index (χ4n) is 2.95. The number of oxime groups is 1. The zero-order valence-corrected chi connectivity index (χ0v) is 12.3. The first-order valence-electron chi connectivity index (χ1n) is 7.30. The third-order valence-corrected chi connectivity index (χ3v) is 4.11. The predicted octanol–water partition coefficient (Wildman–Crippen LogP) is 0.942. The molecule has 1 amide bonds. The molecule has 0 spiro atoms. The maximum atomic E-state index is 12.3. The number of nitrogens with two attached hydrogens (primary N) is 1. The van der Waals surface area contributed by atoms with Gasteiger partial charge in [0.05, 0.1) is 6.33 Å². The Morgan fingerprint density at radius 1 is 1.57 bits per heavy atom. The Hall–Kier alpha value is -2.05. The Kier molecular flexibility index (Phi) is 4.82. The van der Waals surface area contributed by atoms with E-state index in [1.54, 1.807) is 12.5 Å². The Morgan fingerprint density at radius 3 is 2.90 bits per heavy atom. The minimum Gasteiger partial charge on any atom is -0.409 e. The summed E-state index contributed by atoms with van der Waals surface area (Å²) in [6.07, 6.45) is 8.58. The van der Waals surface area contributed by atoms with E-state index in [1.807, 2.05) is 10.8 Å². The van der Waals surface area contributed by atoms with E-state index in [4.69, 9.17) is 10.9 Å². The Labute approximate surface area is 124 Å². The first-order chi connectivity index (χ1) is 10.1. The molecule has 0 atom stereocenters. The smallest absolute Gasteiger partial charge is 0.233 e. The largest absolute Gasteiger partial charge is 0.409 e. The quantitative estimate of drug-likeness (QED) is 0.229. The summed E-state index contributed by atoms with van der Waals surface area (Å²) in [6.45, 7) is 3.54. The molecule has 0 bridgehead atoms. The molecule has 1 aliphatic rings. The molecule has 4 N–H and O–H groups in total. The van der Waals surface area contributed by atoms with Crippen LogP contribution in [0.15, 0.2) is 23.9 Å². The lowest BCUT2D eigenvalue weighted by Gasteiger charge is -2.43. The van der Waals surface area contributed by atoms with Crippen molar-refractivity contribution in [3.05, 3.63) is 18.7 Å². The molecule has 7 nitrogen and oxygen atoms in total. The fourth-order valence-corrected chi connectivity index (χ4v) is 2.95. The van der Waals surface area contributed by atoms with Crippen LogP contribution < -0.4 is 11.1 Å². The van der Waals surface area contributed by atoms with Crippen LogP contribution in [0, 0.1) is 11.3 Å². The second kappa shape index (κ2) is 6.60. The first kappa shape index (κ1) is 15.3. The van der Waals surface area contributed by atoms with Gasteiger partial charge in [-0.2, -0.15) is 0 Å². The number of amidine groups is 1. The molecule has 7 heteroatoms. The number of carbonyl (C=O) groups excluding carboxylic acids is 1. The number of hydrogen-bond acceptors (Lipinski definition) is 4. The van der Waals surface area contributed by atoms with Crippen LogP contribution in [0.2, 0.25) is 0 Å². The van der Waals surface area contributed by atoms with Crippen molar-refractivity contribution in [1.29, 1.82) is 0 Å². The number of aryl methyl sites for hydroxylation is 1. The minimum atomic E-state index is -0.807. The molecule has 1 aliphatic carbocycles. The molecular formula is C14H23N5O2. The lowest BCUT2D eigenvalue weighted by molar-refractivity contribution is -0.133. The molecule has 0 aliphatic heterocycles. The van der Waals surface area contributed by atoms with E-state index in [0.29, 0.717) is 25.3 Å².